The van der Waals surface area contributed by atoms with Gasteiger partial charge in [0.05, 0.1) is 16.3 Å². The van der Waals surface area contributed by atoms with E-state index in [1.807, 2.05) is 13.8 Å². The molecule has 126 valence electrons. The fourth-order valence-electron chi connectivity index (χ4n) is 2.90. The van der Waals surface area contributed by atoms with Crippen molar-refractivity contribution >= 4 is 33.3 Å². The van der Waals surface area contributed by atoms with Crippen molar-refractivity contribution in [3.63, 3.8) is 0 Å². The van der Waals surface area contributed by atoms with Crippen LogP contribution in [0.3, 0.4) is 0 Å². The van der Waals surface area contributed by atoms with E-state index in [1.165, 1.54) is 0 Å². The molecule has 0 aliphatic heterocycles. The molecule has 1 aliphatic rings. The minimum atomic E-state index is -3.88. The van der Waals surface area contributed by atoms with Crippen molar-refractivity contribution in [2.75, 3.05) is 4.72 Å². The zero-order chi connectivity index (χ0) is 17.2. The van der Waals surface area contributed by atoms with Gasteiger partial charge in [-0.25, -0.2) is 13.2 Å². The monoisotopic (exact) mass is 357 g/mol. The first-order chi connectivity index (χ1) is 10.8. The Morgan fingerprint density at radius 2 is 2.13 bits per heavy atom. The van der Waals surface area contributed by atoms with Crippen molar-refractivity contribution in [3.05, 3.63) is 39.9 Å². The summed E-state index contributed by atoms with van der Waals surface area (Å²) in [6.07, 6.45) is 2.13. The highest BCUT2D eigenvalue weighted by Gasteiger charge is 2.37. The molecule has 0 heterocycles. The number of sulfonamides is 1. The number of aliphatic carboxylic acids is 1. The molecule has 0 spiro atoms. The maximum absolute atomic E-state index is 12.7. The molecule has 0 amide bonds. The molecule has 5 nitrogen and oxygen atoms in total. The summed E-state index contributed by atoms with van der Waals surface area (Å²) in [6.45, 7) is 3.70. The van der Waals surface area contributed by atoms with E-state index in [0.717, 1.165) is 5.56 Å². The molecule has 0 aromatic heterocycles. The lowest BCUT2D eigenvalue weighted by atomic mass is 9.90. The summed E-state index contributed by atoms with van der Waals surface area (Å²) in [5.74, 6) is -1.16. The molecule has 1 unspecified atom stereocenters. The highest BCUT2D eigenvalue weighted by Crippen LogP contribution is 2.33. The van der Waals surface area contributed by atoms with Gasteiger partial charge in [0.25, 0.3) is 0 Å². The Morgan fingerprint density at radius 3 is 2.70 bits per heavy atom. The third-order valence-corrected chi connectivity index (χ3v) is 6.09. The highest BCUT2D eigenvalue weighted by molar-refractivity contribution is 7.93. The standard InChI is InChI=1S/C16H20ClNO4S/c1-3-11-5-4-6-14(15(11)16(19)20)23(21,22)18-13-8-7-10(2)9-12(13)17/h7-9,14,18H,3-6H2,1-2H3,(H,19,20). The summed E-state index contributed by atoms with van der Waals surface area (Å²) in [6, 6.07) is 4.99. The number of carboxylic acid groups (broad SMARTS) is 1. The highest BCUT2D eigenvalue weighted by atomic mass is 35.5. The van der Waals surface area contributed by atoms with Crippen molar-refractivity contribution in [2.24, 2.45) is 0 Å². The van der Waals surface area contributed by atoms with Crippen LogP contribution in [0.1, 0.15) is 38.2 Å². The predicted octanol–water partition coefficient (Wildman–Crippen LogP) is 3.73. The van der Waals surface area contributed by atoms with Crippen LogP contribution in [0.15, 0.2) is 29.3 Å². The van der Waals surface area contributed by atoms with Crippen LogP contribution in [0.25, 0.3) is 0 Å². The van der Waals surface area contributed by atoms with Crippen molar-refractivity contribution in [3.8, 4) is 0 Å². The van der Waals surface area contributed by atoms with E-state index in [-0.39, 0.29) is 11.3 Å². The molecular weight excluding hydrogens is 338 g/mol. The smallest absolute Gasteiger partial charge is 0.332 e. The van der Waals surface area contributed by atoms with E-state index in [4.69, 9.17) is 11.6 Å². The van der Waals surface area contributed by atoms with Gasteiger partial charge in [0, 0.05) is 0 Å². The first-order valence-electron chi connectivity index (χ1n) is 7.49. The molecule has 2 N–H and O–H groups in total. The minimum Gasteiger partial charge on any atom is -0.478 e. The molecule has 1 aromatic carbocycles. The molecule has 2 rings (SSSR count). The third kappa shape index (κ3) is 3.87. The second-order valence-corrected chi connectivity index (χ2v) is 7.96. The van der Waals surface area contributed by atoms with Crippen LogP contribution in [0.2, 0.25) is 5.02 Å². The molecule has 0 saturated carbocycles. The van der Waals surface area contributed by atoms with Crippen LogP contribution in [-0.2, 0) is 14.8 Å². The minimum absolute atomic E-state index is 0.00878. The van der Waals surface area contributed by atoms with E-state index in [0.29, 0.717) is 36.3 Å². The fraction of sp³-hybridized carbons (Fsp3) is 0.438. The molecule has 0 bridgehead atoms. The van der Waals surface area contributed by atoms with Gasteiger partial charge in [-0.05, 0) is 50.3 Å². The number of rotatable bonds is 5. The van der Waals surface area contributed by atoms with Gasteiger partial charge < -0.3 is 5.11 Å². The number of halogens is 1. The normalized spacial score (nSPS) is 18.8. The van der Waals surface area contributed by atoms with E-state index < -0.39 is 21.2 Å². The van der Waals surface area contributed by atoms with Crippen molar-refractivity contribution in [1.29, 1.82) is 0 Å². The Hall–Kier alpha value is -1.53. The first-order valence-corrected chi connectivity index (χ1v) is 9.41. The Kier molecular flexibility index (Phi) is 5.37. The number of carbonyl (C=O) groups is 1. The van der Waals surface area contributed by atoms with E-state index >= 15 is 0 Å². The summed E-state index contributed by atoms with van der Waals surface area (Å²) in [7, 11) is -3.88. The fourth-order valence-corrected chi connectivity index (χ4v) is 4.92. The number of nitrogens with one attached hydrogen (secondary N) is 1. The summed E-state index contributed by atoms with van der Waals surface area (Å²) in [5, 5.41) is 8.69. The van der Waals surface area contributed by atoms with Gasteiger partial charge in [-0.3, -0.25) is 4.72 Å². The van der Waals surface area contributed by atoms with Gasteiger partial charge in [-0.2, -0.15) is 0 Å². The second-order valence-electron chi connectivity index (χ2n) is 5.69. The van der Waals surface area contributed by atoms with Crippen LogP contribution >= 0.6 is 11.6 Å². The van der Waals surface area contributed by atoms with Gasteiger partial charge in [-0.1, -0.05) is 30.2 Å². The number of anilines is 1. The molecule has 0 saturated heterocycles. The van der Waals surface area contributed by atoms with Gasteiger partial charge in [0.15, 0.2) is 0 Å². The maximum Gasteiger partial charge on any atom is 0.332 e. The largest absolute Gasteiger partial charge is 0.478 e. The summed E-state index contributed by atoms with van der Waals surface area (Å²) in [4.78, 5) is 11.6. The quantitative estimate of drug-likeness (QED) is 0.840. The van der Waals surface area contributed by atoms with E-state index in [1.54, 1.807) is 18.2 Å². The first kappa shape index (κ1) is 17.8. The summed E-state index contributed by atoms with van der Waals surface area (Å²) < 4.78 is 27.9. The average molecular weight is 358 g/mol. The number of aryl methyl sites for hydroxylation is 1. The molecule has 1 aromatic rings. The summed E-state index contributed by atoms with van der Waals surface area (Å²) in [5.41, 5.74) is 1.89. The van der Waals surface area contributed by atoms with Crippen LogP contribution in [0.5, 0.6) is 0 Å². The number of benzene rings is 1. The zero-order valence-electron chi connectivity index (χ0n) is 13.1. The van der Waals surface area contributed by atoms with E-state index in [9.17, 15) is 18.3 Å². The lowest BCUT2D eigenvalue weighted by Crippen LogP contribution is -2.35. The lowest BCUT2D eigenvalue weighted by molar-refractivity contribution is -0.132. The van der Waals surface area contributed by atoms with E-state index in [2.05, 4.69) is 4.72 Å². The second kappa shape index (κ2) is 6.93. The van der Waals surface area contributed by atoms with Crippen LogP contribution < -0.4 is 4.72 Å². The lowest BCUT2D eigenvalue weighted by Gasteiger charge is -2.26. The average Bonchev–Trinajstić information content (AvgIpc) is 2.49. The SMILES string of the molecule is CCC1=C(C(=O)O)C(S(=O)(=O)Nc2ccc(C)cc2Cl)CCC1. The van der Waals surface area contributed by atoms with Gasteiger partial charge >= 0.3 is 5.97 Å². The molecule has 1 aliphatic carbocycles. The zero-order valence-corrected chi connectivity index (χ0v) is 14.7. The Bertz CT molecular complexity index is 755. The van der Waals surface area contributed by atoms with Crippen molar-refractivity contribution < 1.29 is 18.3 Å². The van der Waals surface area contributed by atoms with Crippen molar-refractivity contribution in [2.45, 2.75) is 44.8 Å². The van der Waals surface area contributed by atoms with Gasteiger partial charge in [0.2, 0.25) is 10.0 Å². The number of allylic oxidation sites excluding steroid dienone is 1. The number of carboxylic acids is 1. The van der Waals surface area contributed by atoms with Crippen molar-refractivity contribution in [1.82, 2.24) is 0 Å². The molecular formula is C16H20ClNO4S. The molecule has 7 heteroatoms. The molecule has 23 heavy (non-hydrogen) atoms. The predicted molar refractivity (Wildman–Crippen MR) is 91.3 cm³/mol. The molecule has 0 fully saturated rings. The Labute approximate surface area is 141 Å². The maximum atomic E-state index is 12.7. The van der Waals surface area contributed by atoms with Crippen LogP contribution in [0.4, 0.5) is 5.69 Å². The summed E-state index contributed by atoms with van der Waals surface area (Å²) >= 11 is 6.07. The van der Waals surface area contributed by atoms with Crippen LogP contribution in [0, 0.1) is 6.92 Å². The van der Waals surface area contributed by atoms with Gasteiger partial charge in [0.1, 0.15) is 5.25 Å². The number of hydrogen-bond acceptors (Lipinski definition) is 3. The number of hydrogen-bond donors (Lipinski definition) is 2. The Balaban J connectivity index is 2.40. The van der Waals surface area contributed by atoms with Gasteiger partial charge in [-0.15, -0.1) is 0 Å². The molecule has 0 radical (unpaired) electrons. The Morgan fingerprint density at radius 1 is 1.43 bits per heavy atom. The molecule has 1 atom stereocenters. The topological polar surface area (TPSA) is 83.5 Å². The third-order valence-electron chi connectivity index (χ3n) is 4.06. The van der Waals surface area contributed by atoms with Crippen LogP contribution in [-0.4, -0.2) is 24.7 Å².